The maximum atomic E-state index is 9.84. The molecule has 0 spiro atoms. The van der Waals surface area contributed by atoms with E-state index >= 15 is 0 Å². The van der Waals surface area contributed by atoms with E-state index in [9.17, 15) is 10.2 Å². The minimum absolute atomic E-state index is 0.162. The Morgan fingerprint density at radius 3 is 1.62 bits per heavy atom. The van der Waals surface area contributed by atoms with Crippen LogP contribution >= 0.6 is 0 Å². The summed E-state index contributed by atoms with van der Waals surface area (Å²) in [6.45, 7) is 4.68. The number of phenolic OH excluding ortho intramolecular Hbond substituents is 2. The number of hydrogen-bond acceptors (Lipinski definition) is 4. The lowest BCUT2D eigenvalue weighted by atomic mass is 10.0. The molecule has 0 fully saturated rings. The van der Waals surface area contributed by atoms with Crippen LogP contribution in [0.4, 0.5) is 0 Å². The predicted molar refractivity (Wildman–Crippen MR) is 79.2 cm³/mol. The van der Waals surface area contributed by atoms with Crippen LogP contribution in [0.15, 0.2) is 36.4 Å². The monoisotopic (exact) mass is 286 g/mol. The van der Waals surface area contributed by atoms with E-state index in [4.69, 9.17) is 9.47 Å². The molecule has 0 amide bonds. The summed E-state index contributed by atoms with van der Waals surface area (Å²) in [5.74, 6) is -0.754. The molecule has 0 saturated heterocycles. The lowest BCUT2D eigenvalue weighted by molar-refractivity contribution is -0.210. The van der Waals surface area contributed by atoms with Gasteiger partial charge in [0.2, 0.25) is 5.79 Å². The van der Waals surface area contributed by atoms with Crippen LogP contribution in [0.25, 0.3) is 11.1 Å². The van der Waals surface area contributed by atoms with E-state index in [0.29, 0.717) is 13.2 Å². The summed E-state index contributed by atoms with van der Waals surface area (Å²) in [5, 5.41) is 19.7. The summed E-state index contributed by atoms with van der Waals surface area (Å²) in [6.07, 6.45) is 0. The van der Waals surface area contributed by atoms with Crippen molar-refractivity contribution < 1.29 is 19.7 Å². The van der Waals surface area contributed by atoms with E-state index in [2.05, 4.69) is 0 Å². The number of hydrogen-bond donors (Lipinski definition) is 2. The van der Waals surface area contributed by atoms with Crippen LogP contribution in [0.5, 0.6) is 11.5 Å². The Balaban J connectivity index is 2.32. The quantitative estimate of drug-likeness (QED) is 0.846. The average Bonchev–Trinajstić information content (AvgIpc) is 2.70. The molecule has 3 rings (SSSR count). The molecular weight excluding hydrogens is 268 g/mol. The zero-order valence-electron chi connectivity index (χ0n) is 12.1. The molecule has 0 bridgehead atoms. The molecule has 1 aliphatic carbocycles. The second-order valence-corrected chi connectivity index (χ2v) is 4.94. The minimum Gasteiger partial charge on any atom is -0.508 e. The van der Waals surface area contributed by atoms with Gasteiger partial charge in [-0.05, 0) is 49.2 Å². The first-order chi connectivity index (χ1) is 10.1. The van der Waals surface area contributed by atoms with Crippen molar-refractivity contribution in [2.24, 2.45) is 0 Å². The van der Waals surface area contributed by atoms with Gasteiger partial charge in [-0.1, -0.05) is 12.1 Å². The Kier molecular flexibility index (Phi) is 3.35. The second-order valence-electron chi connectivity index (χ2n) is 4.94. The standard InChI is InChI=1S/C17H18O4/c1-3-20-17(21-4-2)15-9-11(18)5-7-13(15)14-8-6-12(19)10-16(14)17/h5-10,18-19H,3-4H2,1-2H3. The third kappa shape index (κ3) is 1.99. The summed E-state index contributed by atoms with van der Waals surface area (Å²) < 4.78 is 11.9. The zero-order chi connectivity index (χ0) is 15.0. The van der Waals surface area contributed by atoms with E-state index in [1.165, 1.54) is 0 Å². The highest BCUT2D eigenvalue weighted by Gasteiger charge is 2.45. The Morgan fingerprint density at radius 2 is 1.24 bits per heavy atom. The van der Waals surface area contributed by atoms with Gasteiger partial charge in [0.15, 0.2) is 0 Å². The molecule has 1 aliphatic rings. The van der Waals surface area contributed by atoms with E-state index in [1.54, 1.807) is 24.3 Å². The maximum absolute atomic E-state index is 9.84. The molecule has 4 nitrogen and oxygen atoms in total. The fourth-order valence-electron chi connectivity index (χ4n) is 2.98. The number of ether oxygens (including phenoxy) is 2. The fraction of sp³-hybridized carbons (Fsp3) is 0.294. The molecule has 110 valence electrons. The van der Waals surface area contributed by atoms with Crippen molar-refractivity contribution in [2.75, 3.05) is 13.2 Å². The molecule has 0 aliphatic heterocycles. The van der Waals surface area contributed by atoms with Gasteiger partial charge < -0.3 is 19.7 Å². The van der Waals surface area contributed by atoms with Crippen molar-refractivity contribution in [3.05, 3.63) is 47.5 Å². The largest absolute Gasteiger partial charge is 0.508 e. The highest BCUT2D eigenvalue weighted by atomic mass is 16.7. The molecular formula is C17H18O4. The number of phenols is 2. The number of aromatic hydroxyl groups is 2. The Hall–Kier alpha value is -2.04. The summed E-state index contributed by atoms with van der Waals surface area (Å²) >= 11 is 0. The fourth-order valence-corrected chi connectivity index (χ4v) is 2.98. The van der Waals surface area contributed by atoms with Crippen LogP contribution in [0.3, 0.4) is 0 Å². The molecule has 2 aromatic rings. The van der Waals surface area contributed by atoms with E-state index in [0.717, 1.165) is 22.3 Å². The van der Waals surface area contributed by atoms with Crippen molar-refractivity contribution in [3.63, 3.8) is 0 Å². The van der Waals surface area contributed by atoms with E-state index in [-0.39, 0.29) is 11.5 Å². The van der Waals surface area contributed by atoms with Gasteiger partial charge in [0.1, 0.15) is 11.5 Å². The van der Waals surface area contributed by atoms with Crippen molar-refractivity contribution in [1.29, 1.82) is 0 Å². The Bertz CT molecular complexity index is 619. The van der Waals surface area contributed by atoms with Gasteiger partial charge in [-0.2, -0.15) is 0 Å². The zero-order valence-corrected chi connectivity index (χ0v) is 12.1. The Morgan fingerprint density at radius 1 is 0.810 bits per heavy atom. The molecule has 2 aromatic carbocycles. The highest BCUT2D eigenvalue weighted by Crippen LogP contribution is 2.52. The van der Waals surface area contributed by atoms with Gasteiger partial charge in [-0.3, -0.25) is 0 Å². The molecule has 0 radical (unpaired) electrons. The van der Waals surface area contributed by atoms with Crippen molar-refractivity contribution >= 4 is 0 Å². The third-order valence-corrected chi connectivity index (χ3v) is 3.70. The van der Waals surface area contributed by atoms with E-state index in [1.807, 2.05) is 26.0 Å². The lowest BCUT2D eigenvalue weighted by Crippen LogP contribution is -2.32. The maximum Gasteiger partial charge on any atom is 0.223 e. The first-order valence-electron chi connectivity index (χ1n) is 7.07. The van der Waals surface area contributed by atoms with Gasteiger partial charge in [-0.15, -0.1) is 0 Å². The van der Waals surface area contributed by atoms with Crippen LogP contribution < -0.4 is 0 Å². The van der Waals surface area contributed by atoms with Gasteiger partial charge in [0, 0.05) is 24.3 Å². The molecule has 21 heavy (non-hydrogen) atoms. The normalized spacial score (nSPS) is 14.8. The van der Waals surface area contributed by atoms with Crippen LogP contribution in [0.1, 0.15) is 25.0 Å². The van der Waals surface area contributed by atoms with Gasteiger partial charge in [0.25, 0.3) is 0 Å². The van der Waals surface area contributed by atoms with Crippen LogP contribution in [0, 0.1) is 0 Å². The Labute approximate surface area is 123 Å². The number of benzene rings is 2. The molecule has 0 heterocycles. The van der Waals surface area contributed by atoms with Crippen LogP contribution in [-0.2, 0) is 15.3 Å². The third-order valence-electron chi connectivity index (χ3n) is 3.70. The summed E-state index contributed by atoms with van der Waals surface area (Å²) in [4.78, 5) is 0. The molecule has 0 aromatic heterocycles. The number of rotatable bonds is 4. The highest BCUT2D eigenvalue weighted by molar-refractivity contribution is 5.80. The van der Waals surface area contributed by atoms with Crippen LogP contribution in [0.2, 0.25) is 0 Å². The first kappa shape index (κ1) is 13.9. The predicted octanol–water partition coefficient (Wildman–Crippen LogP) is 3.35. The molecule has 0 saturated carbocycles. The minimum atomic E-state index is -1.08. The van der Waals surface area contributed by atoms with Crippen molar-refractivity contribution in [3.8, 4) is 22.6 Å². The van der Waals surface area contributed by atoms with E-state index < -0.39 is 5.79 Å². The summed E-state index contributed by atoms with van der Waals surface area (Å²) in [6, 6.07) is 10.3. The van der Waals surface area contributed by atoms with Crippen molar-refractivity contribution in [1.82, 2.24) is 0 Å². The summed E-state index contributed by atoms with van der Waals surface area (Å²) in [7, 11) is 0. The lowest BCUT2D eigenvalue weighted by Gasteiger charge is -2.31. The van der Waals surface area contributed by atoms with Crippen LogP contribution in [-0.4, -0.2) is 23.4 Å². The smallest absolute Gasteiger partial charge is 0.223 e. The SMILES string of the molecule is CCOC1(OCC)c2cc(O)ccc2-c2ccc(O)cc21. The van der Waals surface area contributed by atoms with Gasteiger partial charge >= 0.3 is 0 Å². The second kappa shape index (κ2) is 5.06. The first-order valence-corrected chi connectivity index (χ1v) is 7.07. The number of fused-ring (bicyclic) bond motifs is 3. The topological polar surface area (TPSA) is 58.9 Å². The molecule has 0 unspecified atom stereocenters. The van der Waals surface area contributed by atoms with Crippen molar-refractivity contribution in [2.45, 2.75) is 19.6 Å². The van der Waals surface area contributed by atoms with Gasteiger partial charge in [0.05, 0.1) is 0 Å². The molecule has 2 N–H and O–H groups in total. The molecule has 4 heteroatoms. The van der Waals surface area contributed by atoms with Gasteiger partial charge in [-0.25, -0.2) is 0 Å². The summed E-state index contributed by atoms with van der Waals surface area (Å²) in [5.41, 5.74) is 3.44. The molecule has 0 atom stereocenters. The average molecular weight is 286 g/mol.